The molecule has 2 saturated heterocycles. The van der Waals surface area contributed by atoms with Crippen LogP contribution in [0.15, 0.2) is 36.4 Å². The fourth-order valence-electron chi connectivity index (χ4n) is 5.62. The molecule has 0 radical (unpaired) electrons. The van der Waals surface area contributed by atoms with Crippen molar-refractivity contribution in [3.63, 3.8) is 0 Å². The van der Waals surface area contributed by atoms with Crippen molar-refractivity contribution in [2.24, 2.45) is 0 Å². The SMILES string of the molecule is CCCC(=O)OC(OC(=O)CCC)O[P+](=O)C[C@@H](NC(=O)c1cc(N2CC[C@H](OC)C2)nc(-c2ccccc2)n1)C(=O)N1CCN(C(=O)OCC)CC1. The van der Waals surface area contributed by atoms with Crippen molar-refractivity contribution in [1.82, 2.24) is 25.1 Å². The van der Waals surface area contributed by atoms with Gasteiger partial charge < -0.3 is 39.0 Å². The summed E-state index contributed by atoms with van der Waals surface area (Å²) >= 11 is 0. The van der Waals surface area contributed by atoms with Gasteiger partial charge in [0.15, 0.2) is 11.9 Å². The maximum absolute atomic E-state index is 14.0. The van der Waals surface area contributed by atoms with E-state index < -0.39 is 56.6 Å². The van der Waals surface area contributed by atoms with E-state index in [9.17, 15) is 28.5 Å². The van der Waals surface area contributed by atoms with Crippen molar-refractivity contribution in [1.29, 1.82) is 0 Å². The molecule has 0 spiro atoms. The summed E-state index contributed by atoms with van der Waals surface area (Å²) in [7, 11) is -1.25. The van der Waals surface area contributed by atoms with E-state index in [-0.39, 0.29) is 63.2 Å². The number of anilines is 1. The number of aromatic nitrogens is 2. The summed E-state index contributed by atoms with van der Waals surface area (Å²) in [6, 6.07) is 9.20. The summed E-state index contributed by atoms with van der Waals surface area (Å²) in [5.74, 6) is -2.06. The zero-order chi connectivity index (χ0) is 38.3. The average Bonchev–Trinajstić information content (AvgIpc) is 3.64. The minimum Gasteiger partial charge on any atom is -0.450 e. The van der Waals surface area contributed by atoms with Crippen molar-refractivity contribution in [2.45, 2.75) is 71.5 Å². The highest BCUT2D eigenvalue weighted by molar-refractivity contribution is 7.39. The van der Waals surface area contributed by atoms with Crippen LogP contribution in [0.2, 0.25) is 0 Å². The Labute approximate surface area is 309 Å². The molecule has 18 heteroatoms. The summed E-state index contributed by atoms with van der Waals surface area (Å²) in [4.78, 5) is 78.9. The Morgan fingerprint density at radius 2 is 1.55 bits per heavy atom. The van der Waals surface area contributed by atoms with E-state index in [0.717, 1.165) is 6.42 Å². The molecule has 0 aliphatic carbocycles. The van der Waals surface area contributed by atoms with Gasteiger partial charge >= 0.3 is 32.5 Å². The smallest absolute Gasteiger partial charge is 0.450 e. The lowest BCUT2D eigenvalue weighted by Gasteiger charge is -2.35. The summed E-state index contributed by atoms with van der Waals surface area (Å²) in [5, 5.41) is 2.68. The third kappa shape index (κ3) is 12.2. The molecular formula is C35H48N6O11P+. The molecule has 1 unspecified atom stereocenters. The fraction of sp³-hybridized carbons (Fsp3) is 0.571. The van der Waals surface area contributed by atoms with Crippen molar-refractivity contribution < 1.29 is 52.0 Å². The molecule has 17 nitrogen and oxygen atoms in total. The molecule has 1 N–H and O–H groups in total. The first-order valence-corrected chi connectivity index (χ1v) is 19.1. The molecule has 0 saturated carbocycles. The number of nitrogens with one attached hydrogen (secondary N) is 1. The molecule has 2 aromatic rings. The number of hydrogen-bond donors (Lipinski definition) is 1. The molecule has 3 amide bonds. The molecular weight excluding hydrogens is 711 g/mol. The number of amides is 3. The van der Waals surface area contributed by atoms with Gasteiger partial charge in [0.05, 0.1) is 12.7 Å². The van der Waals surface area contributed by atoms with Gasteiger partial charge in [0, 0.05) is 70.8 Å². The van der Waals surface area contributed by atoms with Gasteiger partial charge in [-0.1, -0.05) is 48.7 Å². The van der Waals surface area contributed by atoms with Gasteiger partial charge in [0.2, 0.25) is 12.1 Å². The highest BCUT2D eigenvalue weighted by Crippen LogP contribution is 2.29. The number of esters is 2. The van der Waals surface area contributed by atoms with E-state index in [0.29, 0.717) is 37.3 Å². The molecule has 2 fully saturated rings. The Balaban J connectivity index is 1.60. The van der Waals surface area contributed by atoms with Crippen molar-refractivity contribution in [2.75, 3.05) is 64.0 Å². The third-order valence-corrected chi connectivity index (χ3v) is 9.47. The lowest BCUT2D eigenvalue weighted by Crippen LogP contribution is -2.56. The van der Waals surface area contributed by atoms with Crippen LogP contribution in [0, 0.1) is 0 Å². The normalized spacial score (nSPS) is 16.6. The second-order valence-electron chi connectivity index (χ2n) is 12.3. The molecule has 1 aromatic heterocycles. The van der Waals surface area contributed by atoms with Crippen LogP contribution in [-0.4, -0.2) is 127 Å². The van der Waals surface area contributed by atoms with Crippen LogP contribution in [0.25, 0.3) is 11.4 Å². The Bertz CT molecular complexity index is 1570. The summed E-state index contributed by atoms with van der Waals surface area (Å²) in [5.41, 5.74) is 0.617. The van der Waals surface area contributed by atoms with Gasteiger partial charge in [-0.2, -0.15) is 0 Å². The molecule has 53 heavy (non-hydrogen) atoms. The first-order chi connectivity index (χ1) is 25.5. The second-order valence-corrected chi connectivity index (χ2v) is 13.6. The summed E-state index contributed by atoms with van der Waals surface area (Å²) in [6.07, 6.45) is 0.525. The van der Waals surface area contributed by atoms with E-state index in [1.807, 2.05) is 35.2 Å². The molecule has 4 rings (SSSR count). The Morgan fingerprint density at radius 3 is 2.13 bits per heavy atom. The first-order valence-electron chi connectivity index (χ1n) is 17.8. The van der Waals surface area contributed by atoms with Crippen molar-refractivity contribution >= 4 is 43.7 Å². The predicted molar refractivity (Wildman–Crippen MR) is 191 cm³/mol. The number of benzene rings is 1. The molecule has 3 heterocycles. The van der Waals surface area contributed by atoms with Crippen LogP contribution in [0.4, 0.5) is 10.6 Å². The Hall–Kier alpha value is -4.73. The minimum absolute atomic E-state index is 0.00758. The molecule has 1 aromatic carbocycles. The van der Waals surface area contributed by atoms with Crippen LogP contribution < -0.4 is 10.2 Å². The minimum atomic E-state index is -2.89. The monoisotopic (exact) mass is 759 g/mol. The van der Waals surface area contributed by atoms with E-state index in [4.69, 9.17) is 28.5 Å². The van der Waals surface area contributed by atoms with Crippen molar-refractivity contribution in [3.05, 3.63) is 42.1 Å². The first kappa shape index (κ1) is 41.0. The lowest BCUT2D eigenvalue weighted by molar-refractivity contribution is -0.234. The van der Waals surface area contributed by atoms with Gasteiger partial charge in [-0.15, -0.1) is 0 Å². The van der Waals surface area contributed by atoms with Crippen LogP contribution in [0.3, 0.4) is 0 Å². The lowest BCUT2D eigenvalue weighted by atomic mass is 10.2. The van der Waals surface area contributed by atoms with E-state index in [1.165, 1.54) is 15.9 Å². The molecule has 2 aliphatic rings. The number of ether oxygens (including phenoxy) is 4. The van der Waals surface area contributed by atoms with Gasteiger partial charge in [-0.3, -0.25) is 19.2 Å². The maximum atomic E-state index is 14.0. The zero-order valence-electron chi connectivity index (χ0n) is 30.6. The number of methoxy groups -OCH3 is 1. The van der Waals surface area contributed by atoms with Crippen LogP contribution >= 0.6 is 8.03 Å². The number of nitrogens with zero attached hydrogens (tertiary/aromatic N) is 5. The van der Waals surface area contributed by atoms with E-state index >= 15 is 0 Å². The fourth-order valence-corrected chi connectivity index (χ4v) is 6.53. The van der Waals surface area contributed by atoms with Gasteiger partial charge in [-0.05, 0) is 30.8 Å². The number of carbonyl (C=O) groups is 5. The predicted octanol–water partition coefficient (Wildman–Crippen LogP) is 3.50. The molecule has 0 bridgehead atoms. The molecule has 2 aliphatic heterocycles. The van der Waals surface area contributed by atoms with Crippen LogP contribution in [0.5, 0.6) is 0 Å². The zero-order valence-corrected chi connectivity index (χ0v) is 31.5. The maximum Gasteiger partial charge on any atom is 0.518 e. The molecule has 288 valence electrons. The van der Waals surface area contributed by atoms with E-state index in [2.05, 4.69) is 10.3 Å². The third-order valence-electron chi connectivity index (χ3n) is 8.40. The number of rotatable bonds is 17. The quantitative estimate of drug-likeness (QED) is 0.140. The van der Waals surface area contributed by atoms with Gasteiger partial charge in [0.25, 0.3) is 5.91 Å². The topological polar surface area (TPSA) is 196 Å². The average molecular weight is 760 g/mol. The Kier molecular flexibility index (Phi) is 15.9. The summed E-state index contributed by atoms with van der Waals surface area (Å²) < 4.78 is 39.7. The largest absolute Gasteiger partial charge is 0.518 e. The van der Waals surface area contributed by atoms with Crippen LogP contribution in [0.1, 0.15) is 63.4 Å². The van der Waals surface area contributed by atoms with Gasteiger partial charge in [0.1, 0.15) is 11.5 Å². The molecule has 3 atom stereocenters. The highest BCUT2D eigenvalue weighted by atomic mass is 31.1. The Morgan fingerprint density at radius 1 is 0.906 bits per heavy atom. The standard InChI is InChI=1S/C35H47N6O11P/c1-5-11-29(42)50-35(51-30(43)12-6-2)52-53(47)23-27(33(45)39-17-19-40(20-18-39)34(46)49-7-3)37-32(44)26-21-28(41-16-15-25(22-41)48-4)38-31(36-26)24-13-9-8-10-14-24/h8-10,13-14,21,25,27,35H,5-7,11-12,15-20,22-23H2,1-4H3/p+1/t25-,27+/m0/s1. The highest BCUT2D eigenvalue weighted by Gasteiger charge is 2.40. The number of piperazine rings is 1. The van der Waals surface area contributed by atoms with Crippen LogP contribution in [-0.2, 0) is 42.4 Å². The van der Waals surface area contributed by atoms with Crippen molar-refractivity contribution in [3.8, 4) is 11.4 Å². The summed E-state index contributed by atoms with van der Waals surface area (Å²) in [6.45, 7) is 5.20. The van der Waals surface area contributed by atoms with E-state index in [1.54, 1.807) is 27.9 Å². The second kappa shape index (κ2) is 20.5. The van der Waals surface area contributed by atoms with Gasteiger partial charge in [-0.25, -0.2) is 14.8 Å². The number of hydrogen-bond acceptors (Lipinski definition) is 14. The number of carbonyl (C=O) groups excluding carboxylic acids is 5.